The third-order valence-electron chi connectivity index (χ3n) is 4.18. The van der Waals surface area contributed by atoms with Crippen molar-refractivity contribution in [3.05, 3.63) is 52.8 Å². The van der Waals surface area contributed by atoms with Gasteiger partial charge in [-0.3, -0.25) is 9.69 Å². The number of carbonyl (C=O) groups excluding carboxylic acids is 1. The summed E-state index contributed by atoms with van der Waals surface area (Å²) in [5.74, 6) is -0.748. The Morgan fingerprint density at radius 1 is 1.21 bits per heavy atom. The normalized spacial score (nSPS) is 11.2. The molecule has 0 aliphatic rings. The van der Waals surface area contributed by atoms with Gasteiger partial charge in [0, 0.05) is 13.1 Å². The van der Waals surface area contributed by atoms with Crippen molar-refractivity contribution >= 4 is 44.2 Å². The van der Waals surface area contributed by atoms with E-state index in [0.717, 1.165) is 15.8 Å². The highest BCUT2D eigenvalue weighted by Crippen LogP contribution is 2.35. The number of likely N-dealkylation sites (N-methyl/N-ethyl adjacent to an activating group) is 1. The molecule has 0 N–H and O–H groups in total. The van der Waals surface area contributed by atoms with E-state index in [2.05, 4.69) is 4.98 Å². The Kier molecular flexibility index (Phi) is 6.49. The second-order valence-corrected chi connectivity index (χ2v) is 7.99. The average molecular weight is 422 g/mol. The van der Waals surface area contributed by atoms with Gasteiger partial charge in [0.05, 0.1) is 15.2 Å². The van der Waals surface area contributed by atoms with Crippen LogP contribution < -0.4 is 9.64 Å². The number of aryl methyl sites for hydroxylation is 1. The monoisotopic (exact) mass is 421 g/mol. The fourth-order valence-electron chi connectivity index (χ4n) is 2.61. The number of halogens is 2. The van der Waals surface area contributed by atoms with Crippen LogP contribution in [0.1, 0.15) is 5.56 Å². The van der Waals surface area contributed by atoms with Crippen LogP contribution in [0.3, 0.4) is 0 Å². The Labute approximate surface area is 172 Å². The van der Waals surface area contributed by atoms with Gasteiger partial charge in [-0.1, -0.05) is 41.1 Å². The third kappa shape index (κ3) is 4.60. The molecule has 0 atom stereocenters. The molecule has 0 aliphatic carbocycles. The summed E-state index contributed by atoms with van der Waals surface area (Å²) in [6.07, 6.45) is 0. The topological polar surface area (TPSA) is 45.7 Å². The summed E-state index contributed by atoms with van der Waals surface area (Å²) in [7, 11) is 3.86. The minimum Gasteiger partial charge on any atom is -0.481 e. The molecule has 0 fully saturated rings. The molecule has 148 valence electrons. The first-order chi connectivity index (χ1) is 13.4. The van der Waals surface area contributed by atoms with Crippen molar-refractivity contribution in [3.8, 4) is 5.75 Å². The highest BCUT2D eigenvalue weighted by atomic mass is 35.5. The molecule has 0 saturated heterocycles. The summed E-state index contributed by atoms with van der Waals surface area (Å²) in [4.78, 5) is 21.1. The molecular weight excluding hydrogens is 401 g/mol. The zero-order valence-electron chi connectivity index (χ0n) is 15.9. The molecule has 2 aromatic carbocycles. The second kappa shape index (κ2) is 8.86. The number of anilines is 1. The van der Waals surface area contributed by atoms with E-state index in [1.54, 1.807) is 17.0 Å². The van der Waals surface area contributed by atoms with E-state index in [4.69, 9.17) is 16.3 Å². The summed E-state index contributed by atoms with van der Waals surface area (Å²) in [6, 6.07) is 9.75. The van der Waals surface area contributed by atoms with E-state index in [1.165, 1.54) is 23.5 Å². The maximum Gasteiger partial charge on any atom is 0.266 e. The molecular formula is C20H21ClFN3O2S. The molecule has 8 heteroatoms. The average Bonchev–Trinajstić information content (AvgIpc) is 3.10. The molecule has 0 aliphatic heterocycles. The number of amides is 1. The van der Waals surface area contributed by atoms with E-state index >= 15 is 0 Å². The first-order valence-electron chi connectivity index (χ1n) is 8.75. The number of aromatic nitrogens is 1. The summed E-state index contributed by atoms with van der Waals surface area (Å²) in [6.45, 7) is 2.75. The molecule has 0 bridgehead atoms. The number of para-hydroxylation sites is 1. The molecule has 0 spiro atoms. The number of hydrogen-bond acceptors (Lipinski definition) is 5. The van der Waals surface area contributed by atoms with Crippen molar-refractivity contribution in [2.75, 3.05) is 38.7 Å². The van der Waals surface area contributed by atoms with Gasteiger partial charge in [0.1, 0.15) is 0 Å². The molecule has 3 rings (SSSR count). The molecule has 1 heterocycles. The smallest absolute Gasteiger partial charge is 0.266 e. The molecule has 0 unspecified atom stereocenters. The first kappa shape index (κ1) is 20.5. The van der Waals surface area contributed by atoms with Gasteiger partial charge >= 0.3 is 0 Å². The van der Waals surface area contributed by atoms with Crippen LogP contribution in [0.25, 0.3) is 10.2 Å². The highest BCUT2D eigenvalue weighted by molar-refractivity contribution is 7.23. The van der Waals surface area contributed by atoms with Crippen LogP contribution >= 0.6 is 22.9 Å². The molecule has 5 nitrogen and oxygen atoms in total. The molecule has 3 aromatic rings. The van der Waals surface area contributed by atoms with Crippen molar-refractivity contribution < 1.29 is 13.9 Å². The number of ether oxygens (including phenoxy) is 1. The van der Waals surface area contributed by atoms with E-state index in [0.29, 0.717) is 23.2 Å². The zero-order valence-corrected chi connectivity index (χ0v) is 17.5. The van der Waals surface area contributed by atoms with Gasteiger partial charge in [0.15, 0.2) is 23.3 Å². The third-order valence-corrected chi connectivity index (χ3v) is 5.72. The van der Waals surface area contributed by atoms with Gasteiger partial charge in [-0.25, -0.2) is 9.37 Å². The van der Waals surface area contributed by atoms with E-state index in [1.807, 2.05) is 38.1 Å². The van der Waals surface area contributed by atoms with Gasteiger partial charge in [-0.15, -0.1) is 0 Å². The maximum atomic E-state index is 13.8. The van der Waals surface area contributed by atoms with Crippen LogP contribution in [-0.4, -0.2) is 49.6 Å². The number of thiazole rings is 1. The standard InChI is InChI=1S/C20H21ClFN3O2S/c1-13-8-9-14(21)19-18(13)23-20(28-19)25(11-10-24(2)3)17(26)12-27-16-7-5-4-6-15(16)22/h4-9H,10-12H2,1-3H3. The van der Waals surface area contributed by atoms with Gasteiger partial charge < -0.3 is 9.64 Å². The van der Waals surface area contributed by atoms with Gasteiger partial charge in [-0.2, -0.15) is 0 Å². The molecule has 0 radical (unpaired) electrons. The molecule has 1 amide bonds. The lowest BCUT2D eigenvalue weighted by Gasteiger charge is -2.22. The summed E-state index contributed by atoms with van der Waals surface area (Å²) in [5, 5.41) is 1.15. The Balaban J connectivity index is 1.86. The number of rotatable bonds is 7. The van der Waals surface area contributed by atoms with Crippen LogP contribution in [0.4, 0.5) is 9.52 Å². The van der Waals surface area contributed by atoms with Gasteiger partial charge in [0.25, 0.3) is 5.91 Å². The number of hydrogen-bond donors (Lipinski definition) is 0. The lowest BCUT2D eigenvalue weighted by atomic mass is 10.2. The summed E-state index contributed by atoms with van der Waals surface area (Å²) in [5.41, 5.74) is 1.77. The van der Waals surface area contributed by atoms with Crippen LogP contribution in [0.5, 0.6) is 5.75 Å². The highest BCUT2D eigenvalue weighted by Gasteiger charge is 2.22. The second-order valence-electron chi connectivity index (χ2n) is 6.61. The largest absolute Gasteiger partial charge is 0.481 e. The van der Waals surface area contributed by atoms with Crippen molar-refractivity contribution in [1.29, 1.82) is 0 Å². The minimum atomic E-state index is -0.502. The Bertz CT molecular complexity index is 954. The van der Waals surface area contributed by atoms with Crippen LogP contribution in [0.2, 0.25) is 5.02 Å². The van der Waals surface area contributed by atoms with Crippen LogP contribution in [0, 0.1) is 12.7 Å². The van der Waals surface area contributed by atoms with E-state index in [9.17, 15) is 9.18 Å². The first-order valence-corrected chi connectivity index (χ1v) is 9.94. The maximum absolute atomic E-state index is 13.8. The van der Waals surface area contributed by atoms with Crippen LogP contribution in [0.15, 0.2) is 36.4 Å². The Hall–Kier alpha value is -2.22. The lowest BCUT2D eigenvalue weighted by Crippen LogP contribution is -2.39. The van der Waals surface area contributed by atoms with Crippen molar-refractivity contribution in [2.24, 2.45) is 0 Å². The van der Waals surface area contributed by atoms with Crippen molar-refractivity contribution in [1.82, 2.24) is 9.88 Å². The van der Waals surface area contributed by atoms with E-state index < -0.39 is 5.82 Å². The fraction of sp³-hybridized carbons (Fsp3) is 0.300. The number of benzene rings is 2. The fourth-order valence-corrected chi connectivity index (χ4v) is 3.97. The van der Waals surface area contributed by atoms with Crippen molar-refractivity contribution in [2.45, 2.75) is 6.92 Å². The number of fused-ring (bicyclic) bond motifs is 1. The van der Waals surface area contributed by atoms with Gasteiger partial charge in [0.2, 0.25) is 0 Å². The zero-order chi connectivity index (χ0) is 20.3. The van der Waals surface area contributed by atoms with Crippen LogP contribution in [-0.2, 0) is 4.79 Å². The van der Waals surface area contributed by atoms with E-state index in [-0.39, 0.29) is 18.3 Å². The summed E-state index contributed by atoms with van der Waals surface area (Å²) >= 11 is 7.67. The predicted octanol–water partition coefficient (Wildman–Crippen LogP) is 4.37. The Morgan fingerprint density at radius 3 is 2.64 bits per heavy atom. The summed E-state index contributed by atoms with van der Waals surface area (Å²) < 4.78 is 20.0. The minimum absolute atomic E-state index is 0.0478. The van der Waals surface area contributed by atoms with Gasteiger partial charge in [-0.05, 0) is 44.8 Å². The Morgan fingerprint density at radius 2 is 1.96 bits per heavy atom. The molecule has 28 heavy (non-hydrogen) atoms. The quantitative estimate of drug-likeness (QED) is 0.568. The molecule has 1 aromatic heterocycles. The SMILES string of the molecule is Cc1ccc(Cl)c2sc(N(CCN(C)C)C(=O)COc3ccccc3F)nc12. The lowest BCUT2D eigenvalue weighted by molar-refractivity contribution is -0.120. The van der Waals surface area contributed by atoms with Crippen molar-refractivity contribution in [3.63, 3.8) is 0 Å². The predicted molar refractivity (Wildman–Crippen MR) is 112 cm³/mol. The number of carbonyl (C=O) groups is 1. The number of nitrogens with zero attached hydrogens (tertiary/aromatic N) is 3. The molecule has 0 saturated carbocycles.